The predicted octanol–water partition coefficient (Wildman–Crippen LogP) is 5.24. The van der Waals surface area contributed by atoms with Crippen molar-refractivity contribution in [2.75, 3.05) is 31.9 Å². The normalized spacial score (nSPS) is 12.4. The van der Waals surface area contributed by atoms with E-state index in [0.717, 1.165) is 16.0 Å². The van der Waals surface area contributed by atoms with Crippen LogP contribution in [0.2, 0.25) is 5.02 Å². The van der Waals surface area contributed by atoms with Crippen LogP contribution in [0.4, 0.5) is 10.5 Å². The second-order valence-electron chi connectivity index (χ2n) is 6.54. The monoisotopic (exact) mass is 435 g/mol. The van der Waals surface area contributed by atoms with Crippen LogP contribution >= 0.6 is 11.6 Å². The van der Waals surface area contributed by atoms with Crippen LogP contribution in [-0.4, -0.2) is 37.3 Å². The molecule has 29 heavy (non-hydrogen) atoms. The zero-order valence-corrected chi connectivity index (χ0v) is 18.7. The molecule has 2 aromatic carbocycles. The first-order valence-electron chi connectivity index (χ1n) is 9.14. The highest BCUT2D eigenvalue weighted by Gasteiger charge is 2.18. The molecule has 0 fully saturated rings. The molecule has 5 nitrogen and oxygen atoms in total. The average Bonchev–Trinajstić information content (AvgIpc) is 2.74. The van der Waals surface area contributed by atoms with Gasteiger partial charge in [0.2, 0.25) is 0 Å². The van der Waals surface area contributed by atoms with E-state index in [1.165, 1.54) is 19.1 Å². The fourth-order valence-electron chi connectivity index (χ4n) is 2.87. The molecule has 1 atom stereocenters. The van der Waals surface area contributed by atoms with Gasteiger partial charge < -0.3 is 9.47 Å². The molecule has 0 spiro atoms. The Bertz CT molecular complexity index is 899. The quantitative estimate of drug-likeness (QED) is 0.532. The van der Waals surface area contributed by atoms with Crippen molar-refractivity contribution in [2.45, 2.75) is 24.7 Å². The zero-order valence-electron chi connectivity index (χ0n) is 17.1. The third kappa shape index (κ3) is 6.34. The highest BCUT2D eigenvalue weighted by atomic mass is 35.5. The molecular formula is C22H26ClNO4S. The first-order chi connectivity index (χ1) is 13.9. The van der Waals surface area contributed by atoms with Crippen LogP contribution in [-0.2, 0) is 22.0 Å². The van der Waals surface area contributed by atoms with Gasteiger partial charge in [0.15, 0.2) is 0 Å². The van der Waals surface area contributed by atoms with E-state index in [0.29, 0.717) is 35.1 Å². The molecule has 0 aromatic heterocycles. The molecule has 2 rings (SSSR count). The lowest BCUT2D eigenvalue weighted by Gasteiger charge is -2.20. The van der Waals surface area contributed by atoms with E-state index in [2.05, 4.69) is 6.08 Å². The van der Waals surface area contributed by atoms with Gasteiger partial charge in [-0.25, -0.2) is 4.79 Å². The largest absolute Gasteiger partial charge is 0.495 e. The van der Waals surface area contributed by atoms with Crippen LogP contribution in [0.25, 0.3) is 0 Å². The molecule has 0 heterocycles. The Hall–Kier alpha value is -2.31. The van der Waals surface area contributed by atoms with Crippen molar-refractivity contribution in [1.82, 2.24) is 0 Å². The van der Waals surface area contributed by atoms with Crippen molar-refractivity contribution < 1.29 is 18.5 Å². The number of nitrogens with zero attached hydrogens (tertiary/aromatic N) is 1. The molecule has 7 heteroatoms. The van der Waals surface area contributed by atoms with Crippen molar-refractivity contribution in [3.63, 3.8) is 0 Å². The number of allylic oxidation sites excluding steroid dienone is 2. The number of carbonyl (C=O) groups is 1. The van der Waals surface area contributed by atoms with Crippen molar-refractivity contribution in [2.24, 2.45) is 0 Å². The van der Waals surface area contributed by atoms with E-state index in [1.54, 1.807) is 7.05 Å². The Morgan fingerprint density at radius 1 is 1.21 bits per heavy atom. The Kier molecular flexibility index (Phi) is 8.73. The Balaban J connectivity index is 2.10. The van der Waals surface area contributed by atoms with Gasteiger partial charge in [-0.05, 0) is 49.6 Å². The van der Waals surface area contributed by atoms with Crippen LogP contribution < -0.4 is 9.64 Å². The summed E-state index contributed by atoms with van der Waals surface area (Å²) >= 11 is 6.37. The van der Waals surface area contributed by atoms with Crippen molar-refractivity contribution in [3.8, 4) is 5.75 Å². The molecular weight excluding hydrogens is 410 g/mol. The van der Waals surface area contributed by atoms with E-state index in [1.807, 2.05) is 49.4 Å². The number of methoxy groups -OCH3 is 2. The lowest BCUT2D eigenvalue weighted by molar-refractivity contribution is 0.180. The van der Waals surface area contributed by atoms with Gasteiger partial charge in [0.1, 0.15) is 10.8 Å². The second-order valence-corrected chi connectivity index (χ2v) is 8.49. The minimum Gasteiger partial charge on any atom is -0.495 e. The van der Waals surface area contributed by atoms with Crippen molar-refractivity contribution in [1.29, 1.82) is 0 Å². The minimum absolute atomic E-state index is 0.351. The highest BCUT2D eigenvalue weighted by molar-refractivity contribution is 7.85. The molecule has 0 aliphatic heterocycles. The summed E-state index contributed by atoms with van der Waals surface area (Å²) in [5.41, 5.74) is 2.60. The topological polar surface area (TPSA) is 55.8 Å². The van der Waals surface area contributed by atoms with Gasteiger partial charge >= 0.3 is 6.09 Å². The van der Waals surface area contributed by atoms with E-state index >= 15 is 0 Å². The Labute approximate surface area is 179 Å². The maximum Gasteiger partial charge on any atom is 0.413 e. The average molecular weight is 436 g/mol. The number of amides is 1. The third-order valence-electron chi connectivity index (χ3n) is 4.39. The summed E-state index contributed by atoms with van der Waals surface area (Å²) in [6.45, 7) is 2.02. The predicted molar refractivity (Wildman–Crippen MR) is 119 cm³/mol. The van der Waals surface area contributed by atoms with Crippen molar-refractivity contribution in [3.05, 3.63) is 64.7 Å². The Morgan fingerprint density at radius 2 is 1.90 bits per heavy atom. The van der Waals surface area contributed by atoms with Gasteiger partial charge in [-0.2, -0.15) is 0 Å². The highest BCUT2D eigenvalue weighted by Crippen LogP contribution is 2.36. The number of hydrogen-bond acceptors (Lipinski definition) is 4. The molecule has 0 saturated heterocycles. The van der Waals surface area contributed by atoms with Crippen LogP contribution in [0.3, 0.4) is 0 Å². The number of anilines is 1. The van der Waals surface area contributed by atoms with E-state index in [9.17, 15) is 9.00 Å². The molecule has 2 aromatic rings. The first-order valence-corrected chi connectivity index (χ1v) is 10.8. The standard InChI is InChI=1S/C22H26ClNO4S/c1-16(9-8-12-29(26)18-10-6-5-7-11-18)13-17-14-19(24(2)22(25)28-4)21(23)20(15-17)27-3/h5-7,9-11,14-15H,8,12-13H2,1-4H3/b16-9+. The number of halogens is 1. The summed E-state index contributed by atoms with van der Waals surface area (Å²) in [7, 11) is 3.44. The van der Waals surface area contributed by atoms with Gasteiger partial charge in [-0.15, -0.1) is 0 Å². The van der Waals surface area contributed by atoms with E-state index in [4.69, 9.17) is 21.1 Å². The van der Waals surface area contributed by atoms with Gasteiger partial charge in [-0.1, -0.05) is 41.4 Å². The lowest BCUT2D eigenvalue weighted by Crippen LogP contribution is -2.26. The molecule has 0 N–H and O–H groups in total. The van der Waals surface area contributed by atoms with Gasteiger partial charge in [0.05, 0.1) is 30.7 Å². The maximum atomic E-state index is 12.3. The fourth-order valence-corrected chi connectivity index (χ4v) is 4.21. The number of benzene rings is 2. The minimum atomic E-state index is -1.01. The summed E-state index contributed by atoms with van der Waals surface area (Å²) in [5.74, 6) is 1.06. The molecule has 0 aliphatic rings. The lowest BCUT2D eigenvalue weighted by atomic mass is 10.0. The van der Waals surface area contributed by atoms with Crippen LogP contribution in [0.1, 0.15) is 18.9 Å². The van der Waals surface area contributed by atoms with Crippen LogP contribution in [0.5, 0.6) is 5.75 Å². The number of carbonyl (C=O) groups excluding carboxylic acids is 1. The molecule has 1 amide bonds. The molecule has 156 valence electrons. The number of rotatable bonds is 8. The fraction of sp³-hybridized carbons (Fsp3) is 0.318. The third-order valence-corrected chi connectivity index (χ3v) is 6.18. The van der Waals surface area contributed by atoms with E-state index < -0.39 is 16.9 Å². The Morgan fingerprint density at radius 3 is 2.52 bits per heavy atom. The van der Waals surface area contributed by atoms with Gasteiger partial charge in [0.25, 0.3) is 0 Å². The number of hydrogen-bond donors (Lipinski definition) is 0. The SMILES string of the molecule is COC(=O)N(C)c1cc(C/C(C)=C/CCS(=O)c2ccccc2)cc(OC)c1Cl. The van der Waals surface area contributed by atoms with Gasteiger partial charge in [-0.3, -0.25) is 9.11 Å². The summed E-state index contributed by atoms with van der Waals surface area (Å²) in [6.07, 6.45) is 2.95. The maximum absolute atomic E-state index is 12.3. The van der Waals surface area contributed by atoms with E-state index in [-0.39, 0.29) is 0 Å². The second kappa shape index (κ2) is 11.0. The smallest absolute Gasteiger partial charge is 0.413 e. The molecule has 1 unspecified atom stereocenters. The molecule has 0 radical (unpaired) electrons. The van der Waals surface area contributed by atoms with Crippen LogP contribution in [0, 0.1) is 0 Å². The number of ether oxygens (including phenoxy) is 2. The summed E-state index contributed by atoms with van der Waals surface area (Å²) in [6, 6.07) is 13.2. The molecule has 0 saturated carbocycles. The van der Waals surface area contributed by atoms with Crippen LogP contribution in [0.15, 0.2) is 59.0 Å². The molecule has 0 bridgehead atoms. The summed E-state index contributed by atoms with van der Waals surface area (Å²) < 4.78 is 22.5. The first kappa shape index (κ1) is 23.0. The molecule has 0 aliphatic carbocycles. The zero-order chi connectivity index (χ0) is 21.4. The summed E-state index contributed by atoms with van der Waals surface area (Å²) in [4.78, 5) is 14.1. The van der Waals surface area contributed by atoms with Gasteiger partial charge in [0, 0.05) is 17.7 Å². The summed E-state index contributed by atoms with van der Waals surface area (Å²) in [5, 5.41) is 0.351. The van der Waals surface area contributed by atoms with Crippen molar-refractivity contribution >= 4 is 34.2 Å².